The zero-order chi connectivity index (χ0) is 29.0. The van der Waals surface area contributed by atoms with Crippen LogP contribution in [0.4, 0.5) is 0 Å². The molecule has 0 radical (unpaired) electrons. The molecule has 2 saturated heterocycles. The Morgan fingerprint density at radius 1 is 0.675 bits per heavy atom. The summed E-state index contributed by atoms with van der Waals surface area (Å²) in [5.41, 5.74) is -2.14. The summed E-state index contributed by atoms with van der Waals surface area (Å²) in [4.78, 5) is 13.4. The van der Waals surface area contributed by atoms with Crippen molar-refractivity contribution in [3.05, 3.63) is 51.7 Å². The van der Waals surface area contributed by atoms with E-state index in [0.29, 0.717) is 5.56 Å². The highest BCUT2D eigenvalue weighted by atomic mass is 16.6. The summed E-state index contributed by atoms with van der Waals surface area (Å²) in [5.74, 6) is -2.00. The van der Waals surface area contributed by atoms with E-state index in [1.54, 1.807) is 0 Å². The average Bonchev–Trinajstić information content (AvgIpc) is 3.21. The molecule has 2 unspecified atom stereocenters. The molecule has 0 spiro atoms. The molecular formula is C26H28O14. The Labute approximate surface area is 224 Å². The van der Waals surface area contributed by atoms with Crippen LogP contribution in [0.25, 0.3) is 22.3 Å². The second kappa shape index (κ2) is 10.6. The Morgan fingerprint density at radius 2 is 1.20 bits per heavy atom. The molecular weight excluding hydrogens is 536 g/mol. The normalized spacial score (nSPS) is 32.5. The van der Waals surface area contributed by atoms with Gasteiger partial charge in [0.25, 0.3) is 0 Å². The Morgan fingerprint density at radius 3 is 1.75 bits per heavy atom. The number of phenols is 3. The van der Waals surface area contributed by atoms with Crippen molar-refractivity contribution in [2.24, 2.45) is 0 Å². The molecule has 10 N–H and O–H groups in total. The average molecular weight is 564 g/mol. The van der Waals surface area contributed by atoms with E-state index in [-0.39, 0.29) is 11.5 Å². The molecule has 2 aromatic carbocycles. The van der Waals surface area contributed by atoms with Crippen molar-refractivity contribution < 1.29 is 65.0 Å². The summed E-state index contributed by atoms with van der Waals surface area (Å²) in [6.45, 7) is -1.55. The van der Waals surface area contributed by atoms with Crippen molar-refractivity contribution in [3.8, 4) is 28.6 Å². The summed E-state index contributed by atoms with van der Waals surface area (Å²) in [6.07, 6.45) is -15.3. The lowest BCUT2D eigenvalue weighted by atomic mass is 9.87. The minimum absolute atomic E-state index is 0.0708. The van der Waals surface area contributed by atoms with Gasteiger partial charge in [0.1, 0.15) is 83.3 Å². The summed E-state index contributed by atoms with van der Waals surface area (Å²) in [6, 6.07) is 6.50. The summed E-state index contributed by atoms with van der Waals surface area (Å²) in [7, 11) is 0. The van der Waals surface area contributed by atoms with Crippen LogP contribution in [0.3, 0.4) is 0 Å². The number of aromatic hydroxyl groups is 3. The third-order valence-electron chi connectivity index (χ3n) is 7.35. The van der Waals surface area contributed by atoms with Crippen LogP contribution < -0.4 is 5.43 Å². The van der Waals surface area contributed by atoms with Crippen molar-refractivity contribution in [1.29, 1.82) is 0 Å². The van der Waals surface area contributed by atoms with Crippen LogP contribution in [0, 0.1) is 0 Å². The highest BCUT2D eigenvalue weighted by Gasteiger charge is 2.49. The molecule has 5 rings (SSSR count). The van der Waals surface area contributed by atoms with E-state index in [1.165, 1.54) is 24.3 Å². The molecule has 2 aliphatic heterocycles. The van der Waals surface area contributed by atoms with Crippen LogP contribution in [0.15, 0.2) is 39.5 Å². The molecule has 0 bridgehead atoms. The number of ether oxygens (including phenoxy) is 2. The Balaban J connectivity index is 1.80. The van der Waals surface area contributed by atoms with E-state index in [1.807, 2.05) is 0 Å². The maximum atomic E-state index is 13.4. The number of rotatable bonds is 5. The van der Waals surface area contributed by atoms with Gasteiger partial charge >= 0.3 is 0 Å². The third kappa shape index (κ3) is 4.39. The highest BCUT2D eigenvalue weighted by molar-refractivity contribution is 5.92. The van der Waals surface area contributed by atoms with Gasteiger partial charge in [0.2, 0.25) is 0 Å². The minimum Gasteiger partial charge on any atom is -0.508 e. The lowest BCUT2D eigenvalue weighted by Gasteiger charge is -2.40. The number of hydrogen-bond acceptors (Lipinski definition) is 14. The van der Waals surface area contributed by atoms with E-state index in [2.05, 4.69) is 0 Å². The smallest absolute Gasteiger partial charge is 0.197 e. The Bertz CT molecular complexity index is 1450. The summed E-state index contributed by atoms with van der Waals surface area (Å²) >= 11 is 0. The fourth-order valence-electron chi connectivity index (χ4n) is 5.19. The van der Waals surface area contributed by atoms with Crippen molar-refractivity contribution in [3.63, 3.8) is 0 Å². The van der Waals surface area contributed by atoms with Gasteiger partial charge in [0.15, 0.2) is 11.0 Å². The van der Waals surface area contributed by atoms with Gasteiger partial charge < -0.3 is 65.0 Å². The third-order valence-corrected chi connectivity index (χ3v) is 7.35. The molecule has 2 aliphatic rings. The van der Waals surface area contributed by atoms with Crippen LogP contribution in [0.5, 0.6) is 17.2 Å². The molecule has 0 aliphatic carbocycles. The molecule has 0 saturated carbocycles. The zero-order valence-corrected chi connectivity index (χ0v) is 20.6. The van der Waals surface area contributed by atoms with Gasteiger partial charge in [0, 0.05) is 11.6 Å². The molecule has 9 atom stereocenters. The Hall–Kier alpha value is -3.31. The fraction of sp³-hybridized carbons (Fsp3) is 0.423. The second-order valence-corrected chi connectivity index (χ2v) is 9.76. The topological polar surface area (TPSA) is 251 Å². The zero-order valence-electron chi connectivity index (χ0n) is 20.6. The predicted octanol–water partition coefficient (Wildman–Crippen LogP) is -1.75. The first-order valence-electron chi connectivity index (χ1n) is 12.3. The van der Waals surface area contributed by atoms with Crippen LogP contribution in [-0.2, 0) is 9.47 Å². The Kier molecular flexibility index (Phi) is 7.47. The van der Waals surface area contributed by atoms with Gasteiger partial charge in [-0.3, -0.25) is 4.79 Å². The number of fused-ring (bicyclic) bond motifs is 1. The first-order chi connectivity index (χ1) is 19.0. The van der Waals surface area contributed by atoms with Gasteiger partial charge in [-0.05, 0) is 24.3 Å². The van der Waals surface area contributed by atoms with E-state index in [0.717, 1.165) is 6.07 Å². The van der Waals surface area contributed by atoms with Gasteiger partial charge in [-0.15, -0.1) is 0 Å². The molecule has 14 heteroatoms. The van der Waals surface area contributed by atoms with E-state index < -0.39 is 107 Å². The maximum absolute atomic E-state index is 13.4. The minimum atomic E-state index is -1.98. The number of phenolic OH excluding ortho intramolecular Hbond substituents is 3. The van der Waals surface area contributed by atoms with Crippen LogP contribution in [0.2, 0.25) is 0 Å². The van der Waals surface area contributed by atoms with Crippen molar-refractivity contribution in [2.75, 3.05) is 13.2 Å². The van der Waals surface area contributed by atoms with E-state index in [9.17, 15) is 55.9 Å². The predicted molar refractivity (Wildman–Crippen MR) is 132 cm³/mol. The van der Waals surface area contributed by atoms with Crippen molar-refractivity contribution in [1.82, 2.24) is 0 Å². The van der Waals surface area contributed by atoms with Gasteiger partial charge in [-0.1, -0.05) is 0 Å². The molecule has 40 heavy (non-hydrogen) atoms. The van der Waals surface area contributed by atoms with E-state index >= 15 is 0 Å². The standard InChI is InChI=1S/C26H28O14/c27-6-12-17(31)21(35)23(37)25(39-12)15-19(33)14-10(30)5-11(8-1-3-9(29)4-2-8)38-24(14)16(20(15)34)26-22(36)18(32)13(7-28)40-26/h1-5,12-13,17-18,21-23,25-29,31-37H,6-7H2/t12-,13-,17-,18-,21+,22+,23-,25?,26?/m1/s1. The molecule has 2 fully saturated rings. The molecule has 3 heterocycles. The van der Waals surface area contributed by atoms with Gasteiger partial charge in [-0.2, -0.15) is 0 Å². The number of aliphatic hydroxyl groups is 7. The lowest BCUT2D eigenvalue weighted by Crippen LogP contribution is -2.55. The maximum Gasteiger partial charge on any atom is 0.197 e. The van der Waals surface area contributed by atoms with Crippen LogP contribution >= 0.6 is 0 Å². The van der Waals surface area contributed by atoms with Crippen molar-refractivity contribution in [2.45, 2.75) is 54.9 Å². The monoisotopic (exact) mass is 564 g/mol. The van der Waals surface area contributed by atoms with Crippen molar-refractivity contribution >= 4 is 11.0 Å². The van der Waals surface area contributed by atoms with Crippen LogP contribution in [-0.4, -0.2) is 107 Å². The van der Waals surface area contributed by atoms with Crippen LogP contribution in [0.1, 0.15) is 23.3 Å². The lowest BCUT2D eigenvalue weighted by molar-refractivity contribution is -0.232. The SMILES string of the molecule is O=c1cc(-c2ccc(O)cc2)oc2c(C3O[C@H](CO)[C@@H](O)[C@@H]3O)c(O)c(C3O[C@H](CO)[C@@H](O)[C@H](O)[C@H]3O)c(O)c12. The first-order valence-corrected chi connectivity index (χ1v) is 12.3. The molecule has 1 aromatic heterocycles. The number of benzene rings is 2. The van der Waals surface area contributed by atoms with E-state index in [4.69, 9.17) is 13.9 Å². The number of hydrogen-bond donors (Lipinski definition) is 10. The fourth-order valence-corrected chi connectivity index (χ4v) is 5.19. The van der Waals surface area contributed by atoms with Gasteiger partial charge in [-0.25, -0.2) is 0 Å². The first kappa shape index (κ1) is 28.2. The quantitative estimate of drug-likeness (QED) is 0.165. The molecule has 14 nitrogen and oxygen atoms in total. The molecule has 3 aromatic rings. The van der Waals surface area contributed by atoms with Gasteiger partial charge in [0.05, 0.1) is 24.3 Å². The summed E-state index contributed by atoms with van der Waals surface area (Å²) in [5, 5.41) is 103. The summed E-state index contributed by atoms with van der Waals surface area (Å²) < 4.78 is 17.0. The largest absolute Gasteiger partial charge is 0.508 e. The molecule has 216 valence electrons. The number of aliphatic hydroxyl groups excluding tert-OH is 7. The second-order valence-electron chi connectivity index (χ2n) is 9.76. The highest BCUT2D eigenvalue weighted by Crippen LogP contribution is 2.51. The molecule has 0 amide bonds.